The second kappa shape index (κ2) is 3.29. The maximum absolute atomic E-state index is 5.79. The lowest BCUT2D eigenvalue weighted by atomic mass is 10.3. The Morgan fingerprint density at radius 2 is 2.29 bits per heavy atom. The van der Waals surface area contributed by atoms with Gasteiger partial charge in [0.2, 0.25) is 0 Å². The van der Waals surface area contributed by atoms with E-state index in [-0.39, 0.29) is 0 Å². The number of rotatable bonds is 2. The summed E-state index contributed by atoms with van der Waals surface area (Å²) in [6.07, 6.45) is 5.68. The van der Waals surface area contributed by atoms with E-state index in [0.29, 0.717) is 5.82 Å². The molecule has 4 heteroatoms. The summed E-state index contributed by atoms with van der Waals surface area (Å²) in [5, 5.41) is 0. The number of imidazole rings is 1. The Bertz CT molecular complexity index is 458. The molecule has 0 aliphatic carbocycles. The lowest BCUT2D eigenvalue weighted by Crippen LogP contribution is -1.98. The van der Waals surface area contributed by atoms with E-state index in [1.165, 1.54) is 0 Å². The van der Waals surface area contributed by atoms with Crippen molar-refractivity contribution in [3.8, 4) is 0 Å². The molecule has 0 unspecified atom stereocenters. The molecule has 2 N–H and O–H groups in total. The van der Waals surface area contributed by atoms with Gasteiger partial charge < -0.3 is 5.73 Å². The Labute approximate surface area is 82.8 Å². The molecule has 0 bridgehead atoms. The van der Waals surface area contributed by atoms with Crippen molar-refractivity contribution in [3.05, 3.63) is 23.9 Å². The lowest BCUT2D eigenvalue weighted by Gasteiger charge is -2.00. The van der Waals surface area contributed by atoms with Crippen LogP contribution in [0.4, 0.5) is 5.82 Å². The smallest absolute Gasteiger partial charge is 0.149 e. The number of nitrogens with zero attached hydrogens (tertiary/aromatic N) is 3. The number of hydrogen-bond donors (Lipinski definition) is 1. The van der Waals surface area contributed by atoms with Crippen molar-refractivity contribution in [2.75, 3.05) is 5.73 Å². The van der Waals surface area contributed by atoms with Crippen LogP contribution in [-0.2, 0) is 6.42 Å². The molecule has 0 fully saturated rings. The third kappa shape index (κ3) is 1.23. The average Bonchev–Trinajstić information content (AvgIpc) is 2.46. The molecule has 0 aliphatic rings. The zero-order chi connectivity index (χ0) is 10.1. The van der Waals surface area contributed by atoms with E-state index in [9.17, 15) is 0 Å². The maximum atomic E-state index is 5.79. The maximum Gasteiger partial charge on any atom is 0.149 e. The molecule has 0 radical (unpaired) electrons. The van der Waals surface area contributed by atoms with Gasteiger partial charge in [0.15, 0.2) is 0 Å². The fourth-order valence-corrected chi connectivity index (χ4v) is 1.71. The number of nitrogen functional groups attached to an aromatic ring is 1. The first-order valence-corrected chi connectivity index (χ1v) is 4.82. The second-order valence-electron chi connectivity index (χ2n) is 3.39. The van der Waals surface area contributed by atoms with Gasteiger partial charge in [0, 0.05) is 18.8 Å². The molecular formula is C10H14N4. The van der Waals surface area contributed by atoms with Crippen LogP contribution >= 0.6 is 0 Å². The van der Waals surface area contributed by atoms with Gasteiger partial charge in [-0.2, -0.15) is 0 Å². The van der Waals surface area contributed by atoms with Gasteiger partial charge in [0.1, 0.15) is 17.2 Å². The summed E-state index contributed by atoms with van der Waals surface area (Å²) in [4.78, 5) is 8.54. The molecule has 2 rings (SSSR count). The van der Waals surface area contributed by atoms with Gasteiger partial charge in [0.05, 0.1) is 5.69 Å². The van der Waals surface area contributed by atoms with Crippen LogP contribution < -0.4 is 5.73 Å². The molecule has 14 heavy (non-hydrogen) atoms. The lowest BCUT2D eigenvalue weighted by molar-refractivity contribution is 0.827. The number of fused-ring (bicyclic) bond motifs is 1. The van der Waals surface area contributed by atoms with Crippen molar-refractivity contribution in [2.24, 2.45) is 0 Å². The number of anilines is 1. The Morgan fingerprint density at radius 1 is 1.50 bits per heavy atom. The minimum atomic E-state index is 0.555. The third-order valence-electron chi connectivity index (χ3n) is 2.30. The molecule has 0 saturated heterocycles. The Hall–Kier alpha value is -1.58. The third-order valence-corrected chi connectivity index (χ3v) is 2.30. The Kier molecular flexibility index (Phi) is 2.11. The van der Waals surface area contributed by atoms with E-state index in [0.717, 1.165) is 29.9 Å². The van der Waals surface area contributed by atoms with Crippen LogP contribution in [0.1, 0.15) is 24.9 Å². The van der Waals surface area contributed by atoms with Crippen molar-refractivity contribution in [1.29, 1.82) is 0 Å². The van der Waals surface area contributed by atoms with Gasteiger partial charge in [-0.05, 0) is 13.3 Å². The Balaban J connectivity index is 2.71. The molecule has 2 aromatic rings. The normalized spacial score (nSPS) is 11.0. The van der Waals surface area contributed by atoms with E-state index in [2.05, 4.69) is 16.9 Å². The molecule has 4 nitrogen and oxygen atoms in total. The van der Waals surface area contributed by atoms with Crippen LogP contribution in [0.15, 0.2) is 12.4 Å². The molecule has 0 amide bonds. The monoisotopic (exact) mass is 190 g/mol. The topological polar surface area (TPSA) is 56.2 Å². The van der Waals surface area contributed by atoms with Crippen LogP contribution in [0.25, 0.3) is 5.52 Å². The van der Waals surface area contributed by atoms with Crippen LogP contribution in [0.3, 0.4) is 0 Å². The standard InChI is InChI=1S/C10H14N4/c1-3-4-8-13-7(2)9-10(11)12-5-6-14(8)9/h5-6H,3-4H2,1-2H3,(H2,11,12). The van der Waals surface area contributed by atoms with Crippen molar-refractivity contribution < 1.29 is 0 Å². The Morgan fingerprint density at radius 3 is 3.00 bits per heavy atom. The highest BCUT2D eigenvalue weighted by atomic mass is 15.1. The van der Waals surface area contributed by atoms with E-state index >= 15 is 0 Å². The van der Waals surface area contributed by atoms with E-state index in [1.54, 1.807) is 6.20 Å². The summed E-state index contributed by atoms with van der Waals surface area (Å²) in [7, 11) is 0. The van der Waals surface area contributed by atoms with Gasteiger partial charge >= 0.3 is 0 Å². The molecule has 0 saturated carbocycles. The fraction of sp³-hybridized carbons (Fsp3) is 0.400. The molecule has 2 aromatic heterocycles. The summed E-state index contributed by atoms with van der Waals surface area (Å²) in [5.74, 6) is 1.62. The van der Waals surface area contributed by atoms with Crippen LogP contribution in [0.5, 0.6) is 0 Å². The van der Waals surface area contributed by atoms with Crippen molar-refractivity contribution in [2.45, 2.75) is 26.7 Å². The predicted octanol–water partition coefficient (Wildman–Crippen LogP) is 1.57. The zero-order valence-electron chi connectivity index (χ0n) is 8.49. The minimum Gasteiger partial charge on any atom is -0.382 e. The van der Waals surface area contributed by atoms with E-state index in [1.807, 2.05) is 17.5 Å². The molecule has 0 atom stereocenters. The summed E-state index contributed by atoms with van der Waals surface area (Å²) in [6.45, 7) is 4.10. The quantitative estimate of drug-likeness (QED) is 0.782. The van der Waals surface area contributed by atoms with E-state index in [4.69, 9.17) is 5.73 Å². The predicted molar refractivity (Wildman–Crippen MR) is 56.1 cm³/mol. The largest absolute Gasteiger partial charge is 0.382 e. The van der Waals surface area contributed by atoms with Crippen LogP contribution in [0, 0.1) is 6.92 Å². The zero-order valence-corrected chi connectivity index (χ0v) is 8.49. The first-order chi connectivity index (χ1) is 6.74. The summed E-state index contributed by atoms with van der Waals surface area (Å²) < 4.78 is 2.03. The van der Waals surface area contributed by atoms with Gasteiger partial charge in [-0.1, -0.05) is 6.92 Å². The number of aryl methyl sites for hydroxylation is 2. The van der Waals surface area contributed by atoms with Gasteiger partial charge in [-0.15, -0.1) is 0 Å². The highest BCUT2D eigenvalue weighted by Gasteiger charge is 2.09. The number of nitrogens with two attached hydrogens (primary N) is 1. The molecule has 0 spiro atoms. The van der Waals surface area contributed by atoms with Gasteiger partial charge in [-0.25, -0.2) is 9.97 Å². The second-order valence-corrected chi connectivity index (χ2v) is 3.39. The molecular weight excluding hydrogens is 176 g/mol. The van der Waals surface area contributed by atoms with Gasteiger partial charge in [0.25, 0.3) is 0 Å². The average molecular weight is 190 g/mol. The number of hydrogen-bond acceptors (Lipinski definition) is 3. The molecule has 0 aliphatic heterocycles. The first-order valence-electron chi connectivity index (χ1n) is 4.82. The number of aromatic nitrogens is 3. The van der Waals surface area contributed by atoms with Gasteiger partial charge in [-0.3, -0.25) is 4.40 Å². The summed E-state index contributed by atoms with van der Waals surface area (Å²) >= 11 is 0. The minimum absolute atomic E-state index is 0.555. The molecule has 74 valence electrons. The molecule has 0 aromatic carbocycles. The highest BCUT2D eigenvalue weighted by molar-refractivity contribution is 5.68. The molecule has 2 heterocycles. The van der Waals surface area contributed by atoms with Crippen molar-refractivity contribution in [3.63, 3.8) is 0 Å². The van der Waals surface area contributed by atoms with Crippen molar-refractivity contribution in [1.82, 2.24) is 14.4 Å². The van der Waals surface area contributed by atoms with Crippen LogP contribution in [-0.4, -0.2) is 14.4 Å². The SMILES string of the molecule is CCCc1nc(C)c2c(N)nccn12. The van der Waals surface area contributed by atoms with Crippen LogP contribution in [0.2, 0.25) is 0 Å². The van der Waals surface area contributed by atoms with E-state index < -0.39 is 0 Å². The van der Waals surface area contributed by atoms with Crippen molar-refractivity contribution >= 4 is 11.3 Å². The summed E-state index contributed by atoms with van der Waals surface area (Å²) in [5.41, 5.74) is 7.69. The fourth-order valence-electron chi connectivity index (χ4n) is 1.71. The highest BCUT2D eigenvalue weighted by Crippen LogP contribution is 2.17. The first kappa shape index (κ1) is 8.99. The summed E-state index contributed by atoms with van der Waals surface area (Å²) in [6, 6.07) is 0.